The van der Waals surface area contributed by atoms with Crippen molar-refractivity contribution in [1.82, 2.24) is 0 Å². The van der Waals surface area contributed by atoms with Gasteiger partial charge in [0, 0.05) is 5.56 Å². The summed E-state index contributed by atoms with van der Waals surface area (Å²) in [4.78, 5) is 4.74. The van der Waals surface area contributed by atoms with Crippen LogP contribution in [-0.4, -0.2) is 18.5 Å². The van der Waals surface area contributed by atoms with Crippen LogP contribution in [0.4, 0.5) is 0 Å². The molecule has 2 aromatic carbocycles. The van der Waals surface area contributed by atoms with E-state index < -0.39 is 0 Å². The third-order valence-corrected chi connectivity index (χ3v) is 3.48. The average Bonchev–Trinajstić information content (AvgIpc) is 2.85. The third kappa shape index (κ3) is 2.48. The summed E-state index contributed by atoms with van der Waals surface area (Å²) in [6.45, 7) is 5.17. The first-order chi connectivity index (χ1) is 9.24. The van der Waals surface area contributed by atoms with E-state index >= 15 is 0 Å². The fourth-order valence-electron chi connectivity index (χ4n) is 2.64. The van der Waals surface area contributed by atoms with E-state index in [-0.39, 0.29) is 0 Å². The molecule has 0 bridgehead atoms. The van der Waals surface area contributed by atoms with Crippen LogP contribution >= 0.6 is 0 Å². The number of rotatable bonds is 3. The van der Waals surface area contributed by atoms with E-state index in [2.05, 4.69) is 56.3 Å². The molecule has 1 atom stereocenters. The first-order valence-corrected chi connectivity index (χ1v) is 6.93. The molecule has 2 heteroatoms. The van der Waals surface area contributed by atoms with Gasteiger partial charge in [0.1, 0.15) is 6.61 Å². The second kappa shape index (κ2) is 5.04. The van der Waals surface area contributed by atoms with Crippen molar-refractivity contribution < 1.29 is 4.74 Å². The molecule has 1 aliphatic rings. The van der Waals surface area contributed by atoms with Crippen molar-refractivity contribution in [2.45, 2.75) is 26.3 Å². The SMILES string of the molecule is CC(C)CC1COC(c2cccc3ccccc23)=N1. The maximum absolute atomic E-state index is 5.81. The average molecular weight is 253 g/mol. The Bertz CT molecular complexity index is 610. The van der Waals surface area contributed by atoms with Gasteiger partial charge in [0.2, 0.25) is 5.90 Å². The van der Waals surface area contributed by atoms with E-state index in [4.69, 9.17) is 9.73 Å². The first-order valence-electron chi connectivity index (χ1n) is 6.93. The number of benzene rings is 2. The molecular formula is C17H19NO. The van der Waals surface area contributed by atoms with Crippen LogP contribution < -0.4 is 0 Å². The Morgan fingerprint density at radius 1 is 1.16 bits per heavy atom. The van der Waals surface area contributed by atoms with Gasteiger partial charge in [-0.1, -0.05) is 50.2 Å². The summed E-state index contributed by atoms with van der Waals surface area (Å²) in [7, 11) is 0. The Balaban J connectivity index is 1.97. The number of aliphatic imine (C=N–C) groups is 1. The molecule has 0 radical (unpaired) electrons. The summed E-state index contributed by atoms with van der Waals surface area (Å²) in [5.41, 5.74) is 1.12. The standard InChI is InChI=1S/C17H19NO/c1-12(2)10-14-11-19-17(18-14)16-9-5-7-13-6-3-4-8-15(13)16/h3-9,12,14H,10-11H2,1-2H3. The van der Waals surface area contributed by atoms with E-state index in [9.17, 15) is 0 Å². The molecule has 2 aromatic rings. The summed E-state index contributed by atoms with van der Waals surface area (Å²) < 4.78 is 5.81. The Morgan fingerprint density at radius 2 is 1.95 bits per heavy atom. The third-order valence-electron chi connectivity index (χ3n) is 3.48. The molecule has 1 heterocycles. The maximum atomic E-state index is 5.81. The summed E-state index contributed by atoms with van der Waals surface area (Å²) in [5, 5.41) is 2.45. The van der Waals surface area contributed by atoms with Crippen molar-refractivity contribution in [1.29, 1.82) is 0 Å². The highest BCUT2D eigenvalue weighted by Crippen LogP contribution is 2.23. The Morgan fingerprint density at radius 3 is 2.79 bits per heavy atom. The topological polar surface area (TPSA) is 21.6 Å². The molecule has 19 heavy (non-hydrogen) atoms. The molecule has 0 saturated heterocycles. The largest absolute Gasteiger partial charge is 0.475 e. The molecule has 0 aromatic heterocycles. The summed E-state index contributed by atoms with van der Waals surface area (Å²) in [6, 6.07) is 15.0. The molecule has 0 amide bonds. The van der Waals surface area contributed by atoms with E-state index in [0.29, 0.717) is 12.0 Å². The predicted molar refractivity (Wildman–Crippen MR) is 79.7 cm³/mol. The Kier molecular flexibility index (Phi) is 3.24. The zero-order valence-electron chi connectivity index (χ0n) is 11.5. The molecule has 0 fully saturated rings. The molecule has 1 aliphatic heterocycles. The number of hydrogen-bond acceptors (Lipinski definition) is 2. The molecular weight excluding hydrogens is 234 g/mol. The number of nitrogens with zero attached hydrogens (tertiary/aromatic N) is 1. The van der Waals surface area contributed by atoms with E-state index in [1.54, 1.807) is 0 Å². The van der Waals surface area contributed by atoms with Crippen LogP contribution in [0.3, 0.4) is 0 Å². The smallest absolute Gasteiger partial charge is 0.217 e. The van der Waals surface area contributed by atoms with Crippen molar-refractivity contribution in [3.05, 3.63) is 48.0 Å². The number of fused-ring (bicyclic) bond motifs is 1. The highest BCUT2D eigenvalue weighted by atomic mass is 16.5. The predicted octanol–water partition coefficient (Wildman–Crippen LogP) is 4.03. The zero-order valence-corrected chi connectivity index (χ0v) is 11.5. The molecule has 0 aliphatic carbocycles. The lowest BCUT2D eigenvalue weighted by Crippen LogP contribution is -2.09. The Labute approximate surface area is 114 Å². The fraction of sp³-hybridized carbons (Fsp3) is 0.353. The maximum Gasteiger partial charge on any atom is 0.217 e. The minimum Gasteiger partial charge on any atom is -0.475 e. The molecule has 3 rings (SSSR count). The number of ether oxygens (including phenoxy) is 1. The van der Waals surface area contributed by atoms with Crippen LogP contribution in [0.5, 0.6) is 0 Å². The van der Waals surface area contributed by atoms with Crippen molar-refractivity contribution in [2.24, 2.45) is 10.9 Å². The molecule has 1 unspecified atom stereocenters. The zero-order chi connectivity index (χ0) is 13.2. The van der Waals surface area contributed by atoms with Crippen LogP contribution in [0, 0.1) is 5.92 Å². The van der Waals surface area contributed by atoms with Gasteiger partial charge in [-0.05, 0) is 29.2 Å². The molecule has 0 spiro atoms. The van der Waals surface area contributed by atoms with Gasteiger partial charge in [0.15, 0.2) is 0 Å². The second-order valence-corrected chi connectivity index (χ2v) is 5.56. The van der Waals surface area contributed by atoms with Crippen LogP contribution in [0.1, 0.15) is 25.8 Å². The van der Waals surface area contributed by atoms with Crippen LogP contribution in [0.15, 0.2) is 47.5 Å². The van der Waals surface area contributed by atoms with Gasteiger partial charge in [-0.15, -0.1) is 0 Å². The van der Waals surface area contributed by atoms with Crippen molar-refractivity contribution >= 4 is 16.7 Å². The Hall–Kier alpha value is -1.83. The van der Waals surface area contributed by atoms with Crippen LogP contribution in [-0.2, 0) is 4.74 Å². The van der Waals surface area contributed by atoms with Crippen LogP contribution in [0.25, 0.3) is 10.8 Å². The first kappa shape index (κ1) is 12.2. The van der Waals surface area contributed by atoms with Gasteiger partial charge in [-0.3, -0.25) is 0 Å². The van der Waals surface area contributed by atoms with Gasteiger partial charge in [-0.2, -0.15) is 0 Å². The van der Waals surface area contributed by atoms with Crippen molar-refractivity contribution in [2.75, 3.05) is 6.61 Å². The molecule has 0 saturated carbocycles. The minimum absolute atomic E-state index is 0.314. The van der Waals surface area contributed by atoms with Gasteiger partial charge < -0.3 is 4.74 Å². The van der Waals surface area contributed by atoms with Crippen LogP contribution in [0.2, 0.25) is 0 Å². The molecule has 0 N–H and O–H groups in total. The lowest BCUT2D eigenvalue weighted by molar-refractivity contribution is 0.301. The van der Waals surface area contributed by atoms with E-state index in [1.807, 2.05) is 0 Å². The summed E-state index contributed by atoms with van der Waals surface area (Å²) in [6.07, 6.45) is 1.09. The van der Waals surface area contributed by atoms with Gasteiger partial charge in [0.25, 0.3) is 0 Å². The van der Waals surface area contributed by atoms with Crippen molar-refractivity contribution in [3.63, 3.8) is 0 Å². The highest BCUT2D eigenvalue weighted by Gasteiger charge is 2.21. The summed E-state index contributed by atoms with van der Waals surface area (Å²) >= 11 is 0. The van der Waals surface area contributed by atoms with Gasteiger partial charge in [0.05, 0.1) is 6.04 Å². The van der Waals surface area contributed by atoms with Crippen molar-refractivity contribution in [3.8, 4) is 0 Å². The normalized spacial score (nSPS) is 18.7. The second-order valence-electron chi connectivity index (χ2n) is 5.56. The fourth-order valence-corrected chi connectivity index (χ4v) is 2.64. The highest BCUT2D eigenvalue weighted by molar-refractivity contribution is 6.07. The molecule has 98 valence electrons. The number of hydrogen-bond donors (Lipinski definition) is 0. The monoisotopic (exact) mass is 253 g/mol. The summed E-state index contributed by atoms with van der Waals surface area (Å²) in [5.74, 6) is 1.46. The van der Waals surface area contributed by atoms with Gasteiger partial charge in [-0.25, -0.2) is 4.99 Å². The van der Waals surface area contributed by atoms with E-state index in [0.717, 1.165) is 24.5 Å². The van der Waals surface area contributed by atoms with Gasteiger partial charge >= 0.3 is 0 Å². The lowest BCUT2D eigenvalue weighted by Gasteiger charge is -2.06. The van der Waals surface area contributed by atoms with E-state index in [1.165, 1.54) is 10.8 Å². The minimum atomic E-state index is 0.314. The molecule has 2 nitrogen and oxygen atoms in total. The lowest BCUT2D eigenvalue weighted by atomic mass is 10.0. The quantitative estimate of drug-likeness (QED) is 0.809.